The molecule has 132 valence electrons. The Hall–Kier alpha value is -3.46. The molecular formula is C24H19NO2. The van der Waals surface area contributed by atoms with E-state index >= 15 is 0 Å². The van der Waals surface area contributed by atoms with Gasteiger partial charge in [0.1, 0.15) is 0 Å². The first kappa shape index (κ1) is 17.0. The number of nitrogens with zero attached hydrogens (tertiary/aromatic N) is 1. The molecule has 0 aromatic heterocycles. The van der Waals surface area contributed by atoms with Crippen LogP contribution in [0.4, 0.5) is 5.69 Å². The molecule has 4 rings (SSSR count). The predicted molar refractivity (Wildman–Crippen MR) is 108 cm³/mol. The number of rotatable bonds is 3. The Bertz CT molecular complexity index is 984. The second-order valence-corrected chi connectivity index (χ2v) is 6.67. The Kier molecular flexibility index (Phi) is 4.21. The SMILES string of the molecule is Cc1cccc(C)c1N1C(=O)C(c2ccccc2)=C(c2ccccc2)C1=O. The Morgan fingerprint density at radius 1 is 0.556 bits per heavy atom. The fraction of sp³-hybridized carbons (Fsp3) is 0.0833. The summed E-state index contributed by atoms with van der Waals surface area (Å²) < 4.78 is 0. The maximum absolute atomic E-state index is 13.5. The van der Waals surface area contributed by atoms with Gasteiger partial charge in [-0.05, 0) is 36.1 Å². The van der Waals surface area contributed by atoms with E-state index in [0.717, 1.165) is 22.3 Å². The number of benzene rings is 3. The molecule has 0 fully saturated rings. The van der Waals surface area contributed by atoms with Crippen LogP contribution in [0.15, 0.2) is 78.9 Å². The fourth-order valence-electron chi connectivity index (χ4n) is 3.64. The van der Waals surface area contributed by atoms with Gasteiger partial charge >= 0.3 is 0 Å². The number of anilines is 1. The van der Waals surface area contributed by atoms with E-state index in [2.05, 4.69) is 0 Å². The van der Waals surface area contributed by atoms with Gasteiger partial charge in [0.05, 0.1) is 16.8 Å². The van der Waals surface area contributed by atoms with Gasteiger partial charge in [-0.1, -0.05) is 78.9 Å². The summed E-state index contributed by atoms with van der Waals surface area (Å²) in [5.41, 5.74) is 4.89. The monoisotopic (exact) mass is 353 g/mol. The summed E-state index contributed by atoms with van der Waals surface area (Å²) in [6.07, 6.45) is 0. The number of para-hydroxylation sites is 1. The van der Waals surface area contributed by atoms with Crippen LogP contribution >= 0.6 is 0 Å². The summed E-state index contributed by atoms with van der Waals surface area (Å²) in [7, 11) is 0. The summed E-state index contributed by atoms with van der Waals surface area (Å²) in [5.74, 6) is -0.551. The van der Waals surface area contributed by atoms with Crippen molar-refractivity contribution in [2.45, 2.75) is 13.8 Å². The molecular weight excluding hydrogens is 334 g/mol. The van der Waals surface area contributed by atoms with Crippen LogP contribution in [0.1, 0.15) is 22.3 Å². The smallest absolute Gasteiger partial charge is 0.266 e. The Morgan fingerprint density at radius 3 is 1.37 bits per heavy atom. The lowest BCUT2D eigenvalue weighted by Crippen LogP contribution is -2.32. The maximum atomic E-state index is 13.5. The lowest BCUT2D eigenvalue weighted by Gasteiger charge is -2.20. The van der Waals surface area contributed by atoms with E-state index in [9.17, 15) is 9.59 Å². The zero-order valence-corrected chi connectivity index (χ0v) is 15.3. The molecule has 3 aromatic carbocycles. The molecule has 3 heteroatoms. The molecule has 1 heterocycles. The average Bonchev–Trinajstić information content (AvgIpc) is 2.94. The van der Waals surface area contributed by atoms with Crippen LogP contribution in [-0.2, 0) is 9.59 Å². The highest BCUT2D eigenvalue weighted by molar-refractivity contribution is 6.57. The zero-order chi connectivity index (χ0) is 19.0. The maximum Gasteiger partial charge on any atom is 0.266 e. The van der Waals surface area contributed by atoms with Crippen molar-refractivity contribution < 1.29 is 9.59 Å². The van der Waals surface area contributed by atoms with Crippen LogP contribution in [0.3, 0.4) is 0 Å². The van der Waals surface area contributed by atoms with Gasteiger partial charge in [0.25, 0.3) is 11.8 Å². The average molecular weight is 353 g/mol. The molecule has 0 radical (unpaired) electrons. The van der Waals surface area contributed by atoms with E-state index in [1.54, 1.807) is 0 Å². The van der Waals surface area contributed by atoms with E-state index in [1.807, 2.05) is 92.7 Å². The molecule has 0 saturated carbocycles. The molecule has 1 aliphatic heterocycles. The summed E-state index contributed by atoms with van der Waals surface area (Å²) in [5, 5.41) is 0. The van der Waals surface area contributed by atoms with Gasteiger partial charge in [0, 0.05) is 0 Å². The summed E-state index contributed by atoms with van der Waals surface area (Å²) in [6.45, 7) is 3.84. The van der Waals surface area contributed by atoms with Gasteiger partial charge in [0.15, 0.2) is 0 Å². The number of carbonyl (C=O) groups excluding carboxylic acids is 2. The van der Waals surface area contributed by atoms with Crippen LogP contribution in [0.2, 0.25) is 0 Å². The van der Waals surface area contributed by atoms with E-state index in [-0.39, 0.29) is 11.8 Å². The van der Waals surface area contributed by atoms with Gasteiger partial charge in [0.2, 0.25) is 0 Å². The molecule has 27 heavy (non-hydrogen) atoms. The number of hydrogen-bond donors (Lipinski definition) is 0. The van der Waals surface area contributed by atoms with Crippen molar-refractivity contribution in [2.24, 2.45) is 0 Å². The van der Waals surface area contributed by atoms with Gasteiger partial charge in [-0.3, -0.25) is 9.59 Å². The standard InChI is InChI=1S/C24H19NO2/c1-16-10-9-11-17(2)22(16)25-23(26)20(18-12-5-3-6-13-18)21(24(25)27)19-14-7-4-8-15-19/h3-15H,1-2H3. The molecule has 1 aliphatic rings. The highest BCUT2D eigenvalue weighted by atomic mass is 16.2. The van der Waals surface area contributed by atoms with Crippen molar-refractivity contribution in [1.82, 2.24) is 0 Å². The second kappa shape index (κ2) is 6.69. The summed E-state index contributed by atoms with van der Waals surface area (Å²) in [4.78, 5) is 28.2. The van der Waals surface area contributed by atoms with Crippen molar-refractivity contribution in [3.8, 4) is 0 Å². The highest BCUT2D eigenvalue weighted by Crippen LogP contribution is 2.39. The third-order valence-electron chi connectivity index (χ3n) is 4.87. The van der Waals surface area contributed by atoms with Crippen LogP contribution in [0.25, 0.3) is 11.1 Å². The first-order chi connectivity index (χ1) is 13.1. The van der Waals surface area contributed by atoms with Crippen LogP contribution in [0, 0.1) is 13.8 Å². The number of amides is 2. The van der Waals surface area contributed by atoms with E-state index in [1.165, 1.54) is 4.90 Å². The topological polar surface area (TPSA) is 37.4 Å². The Balaban J connectivity index is 1.96. The number of aryl methyl sites for hydroxylation is 2. The molecule has 3 aromatic rings. The van der Waals surface area contributed by atoms with E-state index in [4.69, 9.17) is 0 Å². The highest BCUT2D eigenvalue weighted by Gasteiger charge is 2.41. The van der Waals surface area contributed by atoms with Gasteiger partial charge in [-0.15, -0.1) is 0 Å². The lowest BCUT2D eigenvalue weighted by molar-refractivity contribution is -0.119. The third-order valence-corrected chi connectivity index (χ3v) is 4.87. The molecule has 0 spiro atoms. The molecule has 3 nitrogen and oxygen atoms in total. The normalized spacial score (nSPS) is 14.2. The van der Waals surface area contributed by atoms with Crippen molar-refractivity contribution in [3.05, 3.63) is 101 Å². The number of hydrogen-bond acceptors (Lipinski definition) is 2. The zero-order valence-electron chi connectivity index (χ0n) is 15.3. The van der Waals surface area contributed by atoms with Crippen molar-refractivity contribution in [3.63, 3.8) is 0 Å². The first-order valence-electron chi connectivity index (χ1n) is 8.89. The van der Waals surface area contributed by atoms with Crippen molar-refractivity contribution >= 4 is 28.6 Å². The minimum atomic E-state index is -0.276. The molecule has 0 aliphatic carbocycles. The van der Waals surface area contributed by atoms with Crippen LogP contribution in [-0.4, -0.2) is 11.8 Å². The third kappa shape index (κ3) is 2.77. The predicted octanol–water partition coefficient (Wildman–Crippen LogP) is 4.79. The molecule has 0 saturated heterocycles. The quantitative estimate of drug-likeness (QED) is 0.635. The molecule has 0 N–H and O–H groups in total. The van der Waals surface area contributed by atoms with Gasteiger partial charge < -0.3 is 0 Å². The number of carbonyl (C=O) groups is 2. The minimum Gasteiger partial charge on any atom is -0.268 e. The van der Waals surface area contributed by atoms with Crippen molar-refractivity contribution in [2.75, 3.05) is 4.90 Å². The van der Waals surface area contributed by atoms with Gasteiger partial charge in [-0.2, -0.15) is 0 Å². The first-order valence-corrected chi connectivity index (χ1v) is 8.89. The Morgan fingerprint density at radius 2 is 0.963 bits per heavy atom. The Labute approximate surface area is 158 Å². The molecule has 0 atom stereocenters. The van der Waals surface area contributed by atoms with E-state index in [0.29, 0.717) is 16.8 Å². The largest absolute Gasteiger partial charge is 0.268 e. The minimum absolute atomic E-state index is 0.276. The second-order valence-electron chi connectivity index (χ2n) is 6.67. The van der Waals surface area contributed by atoms with E-state index < -0.39 is 0 Å². The summed E-state index contributed by atoms with van der Waals surface area (Å²) >= 11 is 0. The van der Waals surface area contributed by atoms with Crippen molar-refractivity contribution in [1.29, 1.82) is 0 Å². The molecule has 0 bridgehead atoms. The van der Waals surface area contributed by atoms with Crippen LogP contribution < -0.4 is 4.90 Å². The van der Waals surface area contributed by atoms with Gasteiger partial charge in [-0.25, -0.2) is 4.90 Å². The van der Waals surface area contributed by atoms with Crippen LogP contribution in [0.5, 0.6) is 0 Å². The fourth-order valence-corrected chi connectivity index (χ4v) is 3.64. The molecule has 0 unspecified atom stereocenters. The summed E-state index contributed by atoms with van der Waals surface area (Å²) in [6, 6.07) is 24.6. The number of imide groups is 1. The molecule has 2 amide bonds. The lowest BCUT2D eigenvalue weighted by atomic mass is 9.96.